The van der Waals surface area contributed by atoms with Crippen LogP contribution >= 0.6 is 23.2 Å². The number of sulfonamides is 1. The van der Waals surface area contributed by atoms with Crippen molar-refractivity contribution in [3.05, 3.63) is 68.2 Å². The van der Waals surface area contributed by atoms with E-state index in [1.54, 1.807) is 19.1 Å². The van der Waals surface area contributed by atoms with E-state index in [2.05, 4.69) is 5.32 Å². The third kappa shape index (κ3) is 6.81. The molecule has 0 spiro atoms. The molecule has 184 valence electrons. The van der Waals surface area contributed by atoms with Crippen LogP contribution in [-0.2, 0) is 26.2 Å². The molecule has 10 nitrogen and oxygen atoms in total. The summed E-state index contributed by atoms with van der Waals surface area (Å²) >= 11 is 12.2. The van der Waals surface area contributed by atoms with Gasteiger partial charge in [-0.05, 0) is 30.2 Å². The zero-order chi connectivity index (χ0) is 25.6. The summed E-state index contributed by atoms with van der Waals surface area (Å²) in [6.07, 6.45) is 1.13. The first kappa shape index (κ1) is 27.4. The summed E-state index contributed by atoms with van der Waals surface area (Å²) in [5.41, 5.74) is 0.116. The number of nitro benzene ring substituents is 1. The minimum atomic E-state index is -4.01. The first-order valence-electron chi connectivity index (χ1n) is 10.1. The van der Waals surface area contributed by atoms with Gasteiger partial charge in [-0.2, -0.15) is 0 Å². The molecule has 0 aliphatic carbocycles. The quantitative estimate of drug-likeness (QED) is 0.370. The van der Waals surface area contributed by atoms with Crippen LogP contribution in [0.1, 0.15) is 18.9 Å². The van der Waals surface area contributed by atoms with Gasteiger partial charge >= 0.3 is 0 Å². The molecule has 0 aliphatic rings. The second kappa shape index (κ2) is 11.5. The van der Waals surface area contributed by atoms with E-state index in [-0.39, 0.29) is 29.4 Å². The lowest BCUT2D eigenvalue weighted by Crippen LogP contribution is -2.51. The minimum Gasteiger partial charge on any atom is -0.357 e. The van der Waals surface area contributed by atoms with Crippen LogP contribution in [0.15, 0.2) is 42.5 Å². The Hall–Kier alpha value is -2.89. The molecule has 2 aromatic rings. The average molecular weight is 531 g/mol. The Morgan fingerprint density at radius 2 is 1.85 bits per heavy atom. The Bertz CT molecular complexity index is 1190. The predicted molar refractivity (Wildman–Crippen MR) is 130 cm³/mol. The molecular weight excluding hydrogens is 507 g/mol. The summed E-state index contributed by atoms with van der Waals surface area (Å²) < 4.78 is 25.8. The van der Waals surface area contributed by atoms with Gasteiger partial charge < -0.3 is 10.2 Å². The number of anilines is 1. The molecule has 2 aromatic carbocycles. The highest BCUT2D eigenvalue weighted by Crippen LogP contribution is 2.26. The van der Waals surface area contributed by atoms with Crippen LogP contribution in [0.2, 0.25) is 10.0 Å². The van der Waals surface area contributed by atoms with Gasteiger partial charge in [0.15, 0.2) is 0 Å². The predicted octanol–water partition coefficient (Wildman–Crippen LogP) is 3.22. The fourth-order valence-corrected chi connectivity index (χ4v) is 4.60. The summed E-state index contributed by atoms with van der Waals surface area (Å²) in [6, 6.07) is 8.70. The molecule has 1 unspecified atom stereocenters. The number of nitrogens with one attached hydrogen (secondary N) is 1. The van der Waals surface area contributed by atoms with Crippen LogP contribution in [0.4, 0.5) is 11.4 Å². The molecule has 2 amide bonds. The normalized spacial score (nSPS) is 12.0. The second-order valence-electron chi connectivity index (χ2n) is 7.34. The van der Waals surface area contributed by atoms with Gasteiger partial charge in [-0.1, -0.05) is 42.3 Å². The Kier molecular flexibility index (Phi) is 9.25. The zero-order valence-electron chi connectivity index (χ0n) is 18.7. The molecule has 0 fully saturated rings. The number of nitrogens with zero attached hydrogens (tertiary/aromatic N) is 3. The second-order valence-corrected chi connectivity index (χ2v) is 10.1. The summed E-state index contributed by atoms with van der Waals surface area (Å²) in [6.45, 7) is 0.935. The van der Waals surface area contributed by atoms with Crippen molar-refractivity contribution in [2.24, 2.45) is 0 Å². The number of halogens is 2. The van der Waals surface area contributed by atoms with Crippen LogP contribution in [0, 0.1) is 10.1 Å². The average Bonchev–Trinajstić information content (AvgIpc) is 2.77. The van der Waals surface area contributed by atoms with E-state index in [0.717, 1.165) is 16.6 Å². The number of hydrogen-bond acceptors (Lipinski definition) is 6. The van der Waals surface area contributed by atoms with Crippen molar-refractivity contribution in [3.63, 3.8) is 0 Å². The number of non-ortho nitro benzene ring substituents is 1. The standard InChI is InChI=1S/C21H24Cl2N4O6S/c1-4-19(21(29)24-2)25(12-14-8-9-15(22)10-18(14)23)20(28)13-26(34(3,32)33)16-6-5-7-17(11-16)27(30)31/h5-11,19H,4,12-13H2,1-3H3,(H,24,29). The van der Waals surface area contributed by atoms with Gasteiger partial charge in [0.2, 0.25) is 21.8 Å². The molecule has 0 heterocycles. The van der Waals surface area contributed by atoms with Gasteiger partial charge in [-0.25, -0.2) is 8.42 Å². The third-order valence-electron chi connectivity index (χ3n) is 5.00. The highest BCUT2D eigenvalue weighted by molar-refractivity contribution is 7.92. The number of amides is 2. The molecular formula is C21H24Cl2N4O6S. The number of likely N-dealkylation sites (N-methyl/N-ethyl adjacent to an activating group) is 1. The van der Waals surface area contributed by atoms with Crippen molar-refractivity contribution in [3.8, 4) is 0 Å². The summed E-state index contributed by atoms with van der Waals surface area (Å²) in [4.78, 5) is 37.7. The highest BCUT2D eigenvalue weighted by Gasteiger charge is 2.32. The van der Waals surface area contributed by atoms with Crippen molar-refractivity contribution in [1.29, 1.82) is 0 Å². The van der Waals surface area contributed by atoms with Gasteiger partial charge in [0.1, 0.15) is 12.6 Å². The number of hydrogen-bond donors (Lipinski definition) is 1. The topological polar surface area (TPSA) is 130 Å². The maximum atomic E-state index is 13.4. The van der Waals surface area contributed by atoms with E-state index in [1.807, 2.05) is 0 Å². The van der Waals surface area contributed by atoms with Crippen LogP contribution < -0.4 is 9.62 Å². The first-order valence-corrected chi connectivity index (χ1v) is 12.7. The molecule has 34 heavy (non-hydrogen) atoms. The number of carbonyl (C=O) groups is 2. The van der Waals surface area contributed by atoms with Crippen molar-refractivity contribution in [2.75, 3.05) is 24.2 Å². The molecule has 0 aromatic heterocycles. The summed E-state index contributed by atoms with van der Waals surface area (Å²) in [5, 5.41) is 14.3. The lowest BCUT2D eigenvalue weighted by molar-refractivity contribution is -0.384. The molecule has 0 aliphatic heterocycles. The Morgan fingerprint density at radius 3 is 2.38 bits per heavy atom. The van der Waals surface area contributed by atoms with Crippen LogP contribution in [-0.4, -0.2) is 55.9 Å². The Balaban J connectivity index is 2.49. The number of nitro groups is 1. The van der Waals surface area contributed by atoms with Crippen LogP contribution in [0.3, 0.4) is 0 Å². The number of carbonyl (C=O) groups excluding carboxylic acids is 2. The van der Waals surface area contributed by atoms with Gasteiger partial charge in [0.25, 0.3) is 5.69 Å². The van der Waals surface area contributed by atoms with Gasteiger partial charge in [0.05, 0.1) is 16.9 Å². The van der Waals surface area contributed by atoms with E-state index in [1.165, 1.54) is 36.2 Å². The largest absolute Gasteiger partial charge is 0.357 e. The van der Waals surface area contributed by atoms with Crippen LogP contribution in [0.25, 0.3) is 0 Å². The molecule has 1 N–H and O–H groups in total. The van der Waals surface area contributed by atoms with Crippen LogP contribution in [0.5, 0.6) is 0 Å². The molecule has 0 bridgehead atoms. The highest BCUT2D eigenvalue weighted by atomic mass is 35.5. The minimum absolute atomic E-state index is 0.0532. The Labute approximate surface area is 207 Å². The van der Waals surface area contributed by atoms with E-state index in [0.29, 0.717) is 10.6 Å². The van der Waals surface area contributed by atoms with E-state index in [9.17, 15) is 28.1 Å². The number of benzene rings is 2. The maximum absolute atomic E-state index is 13.4. The Morgan fingerprint density at radius 1 is 1.18 bits per heavy atom. The summed E-state index contributed by atoms with van der Waals surface area (Å²) in [7, 11) is -2.59. The summed E-state index contributed by atoms with van der Waals surface area (Å²) in [5.74, 6) is -1.14. The molecule has 0 saturated carbocycles. The van der Waals surface area contributed by atoms with E-state index >= 15 is 0 Å². The number of rotatable bonds is 10. The fraction of sp³-hybridized carbons (Fsp3) is 0.333. The van der Waals surface area contributed by atoms with Crippen molar-refractivity contribution in [2.45, 2.75) is 25.9 Å². The van der Waals surface area contributed by atoms with Gasteiger partial charge in [-0.3, -0.25) is 24.0 Å². The molecule has 0 saturated heterocycles. The van der Waals surface area contributed by atoms with Crippen molar-refractivity contribution >= 4 is 56.4 Å². The smallest absolute Gasteiger partial charge is 0.271 e. The molecule has 2 rings (SSSR count). The SMILES string of the molecule is CCC(C(=O)NC)N(Cc1ccc(Cl)cc1Cl)C(=O)CN(c1cccc([N+](=O)[O-])c1)S(C)(=O)=O. The van der Waals surface area contributed by atoms with Crippen molar-refractivity contribution in [1.82, 2.24) is 10.2 Å². The van der Waals surface area contributed by atoms with Gasteiger partial charge in [0, 0.05) is 35.8 Å². The maximum Gasteiger partial charge on any atom is 0.271 e. The van der Waals surface area contributed by atoms with Gasteiger partial charge in [-0.15, -0.1) is 0 Å². The molecule has 13 heteroatoms. The third-order valence-corrected chi connectivity index (χ3v) is 6.72. The monoisotopic (exact) mass is 530 g/mol. The molecule has 1 atom stereocenters. The lowest BCUT2D eigenvalue weighted by Gasteiger charge is -2.32. The zero-order valence-corrected chi connectivity index (χ0v) is 21.0. The van der Waals surface area contributed by atoms with Crippen molar-refractivity contribution < 1.29 is 22.9 Å². The van der Waals surface area contributed by atoms with E-state index < -0.39 is 39.3 Å². The van der Waals surface area contributed by atoms with E-state index in [4.69, 9.17) is 23.2 Å². The first-order chi connectivity index (χ1) is 15.9. The fourth-order valence-electron chi connectivity index (χ4n) is 3.29. The molecule has 0 radical (unpaired) electrons. The lowest BCUT2D eigenvalue weighted by atomic mass is 10.1.